The van der Waals surface area contributed by atoms with Crippen LogP contribution in [-0.4, -0.2) is 21.4 Å². The molecule has 1 aromatic rings. The van der Waals surface area contributed by atoms with E-state index in [9.17, 15) is 9.18 Å². The zero-order chi connectivity index (χ0) is 16.6. The molecule has 0 radical (unpaired) electrons. The molecule has 0 amide bonds. The zero-order valence-corrected chi connectivity index (χ0v) is 14.8. The van der Waals surface area contributed by atoms with Gasteiger partial charge in [-0.05, 0) is 41.9 Å². The summed E-state index contributed by atoms with van der Waals surface area (Å²) >= 11 is 0. The molecule has 0 spiro atoms. The van der Waals surface area contributed by atoms with E-state index in [2.05, 4.69) is 25.5 Å². The van der Waals surface area contributed by atoms with Crippen molar-refractivity contribution in [2.45, 2.75) is 45.0 Å². The standard InChI is InChI=1S/C17H25FO3Si/c1-5-22(6-2,7-3)21-16(11-12-17(19)20-4)14-9-8-10-15(18)13-14/h8-13,16H,5-7H2,1-4H3/b12-11+. The molecule has 122 valence electrons. The van der Waals surface area contributed by atoms with Gasteiger partial charge in [0, 0.05) is 6.08 Å². The molecule has 0 heterocycles. The number of methoxy groups -OCH3 is 1. The fourth-order valence-corrected chi connectivity index (χ4v) is 5.16. The van der Waals surface area contributed by atoms with E-state index in [0.29, 0.717) is 5.56 Å². The van der Waals surface area contributed by atoms with Crippen molar-refractivity contribution in [1.29, 1.82) is 0 Å². The molecule has 1 aromatic carbocycles. The Bertz CT molecular complexity index is 504. The fraction of sp³-hybridized carbons (Fsp3) is 0.471. The Labute approximate surface area is 133 Å². The lowest BCUT2D eigenvalue weighted by molar-refractivity contribution is -0.134. The molecule has 5 heteroatoms. The van der Waals surface area contributed by atoms with E-state index in [1.165, 1.54) is 25.3 Å². The molecular formula is C17H25FO3Si. The van der Waals surface area contributed by atoms with Crippen molar-refractivity contribution < 1.29 is 18.3 Å². The van der Waals surface area contributed by atoms with Crippen LogP contribution < -0.4 is 0 Å². The molecule has 0 aliphatic heterocycles. The molecule has 0 saturated heterocycles. The quantitative estimate of drug-likeness (QED) is 0.398. The number of carbonyl (C=O) groups is 1. The lowest BCUT2D eigenvalue weighted by Crippen LogP contribution is -2.37. The number of carbonyl (C=O) groups excluding carboxylic acids is 1. The first-order valence-electron chi connectivity index (χ1n) is 7.69. The zero-order valence-electron chi connectivity index (χ0n) is 13.8. The van der Waals surface area contributed by atoms with E-state index < -0.39 is 20.4 Å². The third-order valence-corrected chi connectivity index (χ3v) is 8.72. The van der Waals surface area contributed by atoms with Gasteiger partial charge in [0.2, 0.25) is 0 Å². The average Bonchev–Trinajstić information content (AvgIpc) is 2.55. The van der Waals surface area contributed by atoms with Gasteiger partial charge in [-0.15, -0.1) is 0 Å². The van der Waals surface area contributed by atoms with Gasteiger partial charge >= 0.3 is 5.97 Å². The van der Waals surface area contributed by atoms with E-state index in [-0.39, 0.29) is 5.82 Å². The first-order chi connectivity index (χ1) is 10.5. The minimum Gasteiger partial charge on any atom is -0.466 e. The van der Waals surface area contributed by atoms with Crippen LogP contribution in [0.2, 0.25) is 18.1 Å². The highest BCUT2D eigenvalue weighted by Gasteiger charge is 2.32. The Hall–Kier alpha value is -1.46. The summed E-state index contributed by atoms with van der Waals surface area (Å²) in [5.41, 5.74) is 0.715. The Morgan fingerprint density at radius 3 is 2.41 bits per heavy atom. The minimum atomic E-state index is -1.89. The maximum atomic E-state index is 13.5. The van der Waals surface area contributed by atoms with Crippen molar-refractivity contribution in [3.8, 4) is 0 Å². The highest BCUT2D eigenvalue weighted by molar-refractivity contribution is 6.73. The molecule has 1 atom stereocenters. The summed E-state index contributed by atoms with van der Waals surface area (Å²) in [6.45, 7) is 6.39. The van der Waals surface area contributed by atoms with Gasteiger partial charge in [0.1, 0.15) is 5.82 Å². The van der Waals surface area contributed by atoms with Crippen LogP contribution in [0, 0.1) is 5.82 Å². The molecule has 22 heavy (non-hydrogen) atoms. The number of halogens is 1. The smallest absolute Gasteiger partial charge is 0.330 e. The Morgan fingerprint density at radius 1 is 1.27 bits per heavy atom. The molecule has 1 unspecified atom stereocenters. The molecule has 0 aliphatic carbocycles. The molecule has 0 aliphatic rings. The summed E-state index contributed by atoms with van der Waals surface area (Å²) in [6.07, 6.45) is 2.57. The first kappa shape index (κ1) is 18.6. The van der Waals surface area contributed by atoms with E-state index in [4.69, 9.17) is 4.43 Å². The van der Waals surface area contributed by atoms with Crippen LogP contribution in [0.3, 0.4) is 0 Å². The monoisotopic (exact) mass is 324 g/mol. The van der Waals surface area contributed by atoms with Gasteiger partial charge in [0.15, 0.2) is 8.32 Å². The van der Waals surface area contributed by atoms with E-state index in [1.807, 2.05) is 6.07 Å². The summed E-state index contributed by atoms with van der Waals surface area (Å²) < 4.78 is 24.5. The molecular weight excluding hydrogens is 299 g/mol. The average molecular weight is 324 g/mol. The van der Waals surface area contributed by atoms with Gasteiger partial charge in [-0.25, -0.2) is 9.18 Å². The normalized spacial score (nSPS) is 13.3. The highest BCUT2D eigenvalue weighted by Crippen LogP contribution is 2.31. The number of esters is 1. The molecule has 1 rings (SSSR count). The summed E-state index contributed by atoms with van der Waals surface area (Å²) in [5.74, 6) is -0.754. The summed E-state index contributed by atoms with van der Waals surface area (Å²) in [7, 11) is -0.561. The van der Waals surface area contributed by atoms with E-state index in [1.54, 1.807) is 12.1 Å². The number of hydrogen-bond acceptors (Lipinski definition) is 3. The number of rotatable bonds is 8. The molecule has 0 bridgehead atoms. The lowest BCUT2D eigenvalue weighted by Gasteiger charge is -2.32. The van der Waals surface area contributed by atoms with Crippen molar-refractivity contribution in [1.82, 2.24) is 0 Å². The molecule has 0 N–H and O–H groups in total. The summed E-state index contributed by atoms with van der Waals surface area (Å²) in [5, 5.41) is 0. The van der Waals surface area contributed by atoms with Gasteiger partial charge in [0.05, 0.1) is 13.2 Å². The number of hydrogen-bond donors (Lipinski definition) is 0. The summed E-state index contributed by atoms with van der Waals surface area (Å²) in [6, 6.07) is 9.27. The van der Waals surface area contributed by atoms with Crippen LogP contribution in [0.1, 0.15) is 32.4 Å². The minimum absolute atomic E-state index is 0.311. The largest absolute Gasteiger partial charge is 0.466 e. The second kappa shape index (κ2) is 8.85. The maximum absolute atomic E-state index is 13.5. The van der Waals surface area contributed by atoms with Crippen LogP contribution in [0.4, 0.5) is 4.39 Å². The van der Waals surface area contributed by atoms with Crippen LogP contribution >= 0.6 is 0 Å². The predicted molar refractivity (Wildman–Crippen MR) is 88.6 cm³/mol. The summed E-state index contributed by atoms with van der Waals surface area (Å²) in [4.78, 5) is 11.4. The van der Waals surface area contributed by atoms with Gasteiger partial charge in [0.25, 0.3) is 0 Å². The third kappa shape index (κ3) is 5.07. The Balaban J connectivity index is 3.11. The fourth-order valence-electron chi connectivity index (χ4n) is 2.41. The predicted octanol–water partition coefficient (Wildman–Crippen LogP) is 4.62. The van der Waals surface area contributed by atoms with Gasteiger partial charge in [-0.1, -0.05) is 32.9 Å². The van der Waals surface area contributed by atoms with Gasteiger partial charge < -0.3 is 9.16 Å². The van der Waals surface area contributed by atoms with Crippen LogP contribution in [0.5, 0.6) is 0 Å². The maximum Gasteiger partial charge on any atom is 0.330 e. The lowest BCUT2D eigenvalue weighted by atomic mass is 10.1. The van der Waals surface area contributed by atoms with Crippen molar-refractivity contribution >= 4 is 14.3 Å². The van der Waals surface area contributed by atoms with Crippen molar-refractivity contribution in [3.63, 3.8) is 0 Å². The molecule has 3 nitrogen and oxygen atoms in total. The van der Waals surface area contributed by atoms with Crippen molar-refractivity contribution in [2.75, 3.05) is 7.11 Å². The van der Waals surface area contributed by atoms with Crippen LogP contribution in [0.15, 0.2) is 36.4 Å². The van der Waals surface area contributed by atoms with E-state index >= 15 is 0 Å². The molecule has 0 saturated carbocycles. The number of ether oxygens (including phenoxy) is 1. The Kier molecular flexibility index (Phi) is 7.48. The van der Waals surface area contributed by atoms with E-state index in [0.717, 1.165) is 18.1 Å². The van der Waals surface area contributed by atoms with Crippen LogP contribution in [0.25, 0.3) is 0 Å². The van der Waals surface area contributed by atoms with Crippen LogP contribution in [-0.2, 0) is 14.0 Å². The van der Waals surface area contributed by atoms with Gasteiger partial charge in [-0.2, -0.15) is 0 Å². The van der Waals surface area contributed by atoms with Gasteiger partial charge in [-0.3, -0.25) is 0 Å². The van der Waals surface area contributed by atoms with Crippen molar-refractivity contribution in [3.05, 3.63) is 47.8 Å². The highest BCUT2D eigenvalue weighted by atomic mass is 28.4. The number of benzene rings is 1. The third-order valence-electron chi connectivity index (χ3n) is 4.10. The molecule has 0 fully saturated rings. The van der Waals surface area contributed by atoms with Crippen molar-refractivity contribution in [2.24, 2.45) is 0 Å². The second-order valence-corrected chi connectivity index (χ2v) is 9.94. The second-order valence-electron chi connectivity index (χ2n) is 5.22. The molecule has 0 aromatic heterocycles. The Morgan fingerprint density at radius 2 is 1.91 bits per heavy atom. The SMILES string of the molecule is CC[Si](CC)(CC)OC(/C=C/C(=O)OC)c1cccc(F)c1. The topological polar surface area (TPSA) is 35.5 Å². The first-order valence-corrected chi connectivity index (χ1v) is 10.2.